The van der Waals surface area contributed by atoms with Gasteiger partial charge in [-0.2, -0.15) is 10.5 Å². The standard InChI is InChI=1S/C50H30N6/c51-29-33-27-31(23-25-53-33)43-19-9-21-45(55-43)47-35-11-1-5-15-39(35)49(40-16-6-2-12-36(40)47)50-41-17-7-3-13-37(41)48(38-14-4-8-18-42(38)50)46-22-10-20-44(56-46)32-24-26-54-34(28-32)30-52/h1-19,21-28,44H,20H2. The fourth-order valence-corrected chi connectivity index (χ4v) is 8.38. The van der Waals surface area contributed by atoms with E-state index in [0.29, 0.717) is 11.4 Å². The summed E-state index contributed by atoms with van der Waals surface area (Å²) in [6.07, 6.45) is 8.43. The number of pyridine rings is 3. The lowest BCUT2D eigenvalue weighted by Crippen LogP contribution is -2.09. The van der Waals surface area contributed by atoms with Crippen LogP contribution in [0.3, 0.4) is 0 Å². The van der Waals surface area contributed by atoms with E-state index in [1.807, 2.05) is 30.3 Å². The lowest BCUT2D eigenvalue weighted by molar-refractivity contribution is 0.735. The van der Waals surface area contributed by atoms with Gasteiger partial charge in [-0.15, -0.1) is 0 Å². The van der Waals surface area contributed by atoms with Crippen molar-refractivity contribution < 1.29 is 0 Å². The molecule has 260 valence electrons. The first-order valence-corrected chi connectivity index (χ1v) is 18.5. The highest BCUT2D eigenvalue weighted by molar-refractivity contribution is 6.32. The maximum absolute atomic E-state index is 9.55. The third-order valence-electron chi connectivity index (χ3n) is 10.8. The molecule has 6 aromatic carbocycles. The summed E-state index contributed by atoms with van der Waals surface area (Å²) in [4.78, 5) is 18.9. The Labute approximate surface area is 323 Å². The average Bonchev–Trinajstić information content (AvgIpc) is 3.27. The van der Waals surface area contributed by atoms with Gasteiger partial charge in [0.05, 0.1) is 23.1 Å². The van der Waals surface area contributed by atoms with Gasteiger partial charge in [0.1, 0.15) is 23.5 Å². The SMILES string of the molecule is N#Cc1cc(-c2cccc(-c3c4ccccc4c(-c4c5ccccc5c(C5=NC(c6ccnc(C#N)c6)CC=C5)c5ccccc45)c4ccccc34)n2)ccn1. The van der Waals surface area contributed by atoms with Crippen LogP contribution in [0.4, 0.5) is 0 Å². The van der Waals surface area contributed by atoms with Crippen molar-refractivity contribution in [2.24, 2.45) is 4.99 Å². The smallest absolute Gasteiger partial charge is 0.141 e. The number of nitriles is 2. The molecule has 10 rings (SSSR count). The summed E-state index contributed by atoms with van der Waals surface area (Å²) < 4.78 is 0. The predicted molar refractivity (Wildman–Crippen MR) is 225 cm³/mol. The molecular formula is C50H30N6. The quantitative estimate of drug-likeness (QED) is 0.165. The van der Waals surface area contributed by atoms with Crippen molar-refractivity contribution in [3.05, 3.63) is 187 Å². The van der Waals surface area contributed by atoms with Gasteiger partial charge in [0.25, 0.3) is 0 Å². The van der Waals surface area contributed by atoms with Crippen LogP contribution in [0.15, 0.2) is 169 Å². The van der Waals surface area contributed by atoms with E-state index in [0.717, 1.165) is 88.9 Å². The van der Waals surface area contributed by atoms with Crippen LogP contribution in [-0.2, 0) is 0 Å². The minimum atomic E-state index is -0.123. The number of rotatable bonds is 5. The molecule has 9 aromatic rings. The number of dihydropyridines is 1. The molecule has 0 aliphatic carbocycles. The van der Waals surface area contributed by atoms with Crippen molar-refractivity contribution >= 4 is 48.8 Å². The Morgan fingerprint density at radius 1 is 0.482 bits per heavy atom. The summed E-state index contributed by atoms with van der Waals surface area (Å²) in [5, 5.41) is 28.1. The van der Waals surface area contributed by atoms with Crippen molar-refractivity contribution in [3.63, 3.8) is 0 Å². The maximum atomic E-state index is 9.55. The summed E-state index contributed by atoms with van der Waals surface area (Å²) in [6, 6.07) is 52.4. The van der Waals surface area contributed by atoms with Crippen LogP contribution in [0, 0.1) is 22.7 Å². The molecule has 0 saturated heterocycles. The molecule has 6 nitrogen and oxygen atoms in total. The molecule has 1 aliphatic rings. The van der Waals surface area contributed by atoms with Gasteiger partial charge >= 0.3 is 0 Å². The first kappa shape index (κ1) is 32.8. The first-order valence-electron chi connectivity index (χ1n) is 18.5. The molecule has 0 N–H and O–H groups in total. The van der Waals surface area contributed by atoms with E-state index in [1.54, 1.807) is 18.5 Å². The fourth-order valence-electron chi connectivity index (χ4n) is 8.38. The Hall–Kier alpha value is -7.80. The van der Waals surface area contributed by atoms with E-state index in [-0.39, 0.29) is 6.04 Å². The Morgan fingerprint density at radius 3 is 1.52 bits per heavy atom. The van der Waals surface area contributed by atoms with Gasteiger partial charge in [0.15, 0.2) is 0 Å². The van der Waals surface area contributed by atoms with E-state index >= 15 is 0 Å². The third kappa shape index (κ3) is 5.40. The molecular weight excluding hydrogens is 685 g/mol. The monoisotopic (exact) mass is 714 g/mol. The van der Waals surface area contributed by atoms with Crippen molar-refractivity contribution in [1.82, 2.24) is 15.0 Å². The maximum Gasteiger partial charge on any atom is 0.141 e. The number of aliphatic imine (C=N–C) groups is 1. The number of hydrogen-bond acceptors (Lipinski definition) is 6. The van der Waals surface area contributed by atoms with Crippen molar-refractivity contribution in [1.29, 1.82) is 10.5 Å². The van der Waals surface area contributed by atoms with Crippen molar-refractivity contribution in [2.75, 3.05) is 0 Å². The second kappa shape index (κ2) is 13.6. The zero-order valence-electron chi connectivity index (χ0n) is 30.1. The highest BCUT2D eigenvalue weighted by Crippen LogP contribution is 2.48. The molecule has 0 amide bonds. The normalized spacial score (nSPS) is 13.8. The van der Waals surface area contributed by atoms with E-state index < -0.39 is 0 Å². The van der Waals surface area contributed by atoms with Crippen LogP contribution >= 0.6 is 0 Å². The van der Waals surface area contributed by atoms with Crippen LogP contribution < -0.4 is 0 Å². The van der Waals surface area contributed by atoms with Crippen LogP contribution in [0.1, 0.15) is 35.0 Å². The molecule has 0 bridgehead atoms. The zero-order valence-corrected chi connectivity index (χ0v) is 30.1. The van der Waals surface area contributed by atoms with Gasteiger partial charge in [-0.05, 0) is 109 Å². The summed E-state index contributed by atoms with van der Waals surface area (Å²) in [5.41, 5.74) is 9.63. The summed E-state index contributed by atoms with van der Waals surface area (Å²) in [6.45, 7) is 0. The lowest BCUT2D eigenvalue weighted by atomic mass is 9.81. The van der Waals surface area contributed by atoms with Crippen molar-refractivity contribution in [2.45, 2.75) is 12.5 Å². The van der Waals surface area contributed by atoms with Crippen molar-refractivity contribution in [3.8, 4) is 45.8 Å². The lowest BCUT2D eigenvalue weighted by Gasteiger charge is -2.23. The van der Waals surface area contributed by atoms with E-state index in [9.17, 15) is 10.5 Å². The van der Waals surface area contributed by atoms with Gasteiger partial charge < -0.3 is 0 Å². The number of fused-ring (bicyclic) bond motifs is 4. The Bertz CT molecular complexity index is 3100. The summed E-state index contributed by atoms with van der Waals surface area (Å²) >= 11 is 0. The van der Waals surface area contributed by atoms with Crippen LogP contribution in [0.5, 0.6) is 0 Å². The minimum Gasteiger partial charge on any atom is -0.276 e. The molecule has 1 aliphatic heterocycles. The molecule has 0 fully saturated rings. The van der Waals surface area contributed by atoms with Gasteiger partial charge in [0.2, 0.25) is 0 Å². The van der Waals surface area contributed by atoms with E-state index in [2.05, 4.69) is 137 Å². The number of allylic oxidation sites excluding steroid dienone is 1. The third-order valence-corrected chi connectivity index (χ3v) is 10.8. The molecule has 4 heterocycles. The Morgan fingerprint density at radius 2 is 0.964 bits per heavy atom. The second-order valence-corrected chi connectivity index (χ2v) is 13.9. The van der Waals surface area contributed by atoms with Crippen LogP contribution in [0.2, 0.25) is 0 Å². The average molecular weight is 715 g/mol. The molecule has 0 spiro atoms. The van der Waals surface area contributed by atoms with Gasteiger partial charge in [0, 0.05) is 29.1 Å². The van der Waals surface area contributed by atoms with Crippen LogP contribution in [0.25, 0.3) is 76.7 Å². The summed E-state index contributed by atoms with van der Waals surface area (Å²) in [5.74, 6) is 0. The number of benzene rings is 6. The highest BCUT2D eigenvalue weighted by atomic mass is 14.8. The molecule has 6 heteroatoms. The van der Waals surface area contributed by atoms with E-state index in [1.165, 1.54) is 11.1 Å². The molecule has 1 unspecified atom stereocenters. The van der Waals surface area contributed by atoms with Gasteiger partial charge in [-0.25, -0.2) is 15.0 Å². The molecule has 56 heavy (non-hydrogen) atoms. The second-order valence-electron chi connectivity index (χ2n) is 13.9. The number of nitrogens with zero attached hydrogens (tertiary/aromatic N) is 6. The topological polar surface area (TPSA) is 98.6 Å². The minimum absolute atomic E-state index is 0.123. The largest absolute Gasteiger partial charge is 0.276 e. The van der Waals surface area contributed by atoms with Gasteiger partial charge in [-0.3, -0.25) is 4.99 Å². The molecule has 0 radical (unpaired) electrons. The first-order chi connectivity index (χ1) is 27.7. The fraction of sp³-hybridized carbons (Fsp3) is 0.0400. The molecule has 3 aromatic heterocycles. The van der Waals surface area contributed by atoms with E-state index in [4.69, 9.17) is 9.98 Å². The number of hydrogen-bond donors (Lipinski definition) is 0. The van der Waals surface area contributed by atoms with Gasteiger partial charge in [-0.1, -0.05) is 109 Å². The van der Waals surface area contributed by atoms with Crippen LogP contribution in [-0.4, -0.2) is 20.7 Å². The Balaban J connectivity index is 1.25. The molecule has 0 saturated carbocycles. The summed E-state index contributed by atoms with van der Waals surface area (Å²) in [7, 11) is 0. The Kier molecular flexibility index (Phi) is 7.95. The number of aromatic nitrogens is 3. The zero-order chi connectivity index (χ0) is 37.6. The molecule has 1 atom stereocenters. The predicted octanol–water partition coefficient (Wildman–Crippen LogP) is 11.7. The highest BCUT2D eigenvalue weighted by Gasteiger charge is 2.24.